The fraction of sp³-hybridized carbons (Fsp3) is 0.440. The van der Waals surface area contributed by atoms with Gasteiger partial charge in [0.05, 0.1) is 30.1 Å². The first-order valence-corrected chi connectivity index (χ1v) is 13.8. The number of hydrogen-bond acceptors (Lipinski definition) is 8. The summed E-state index contributed by atoms with van der Waals surface area (Å²) in [5.41, 5.74) is 0.0191. The number of nitrogens with zero attached hydrogens (tertiary/aromatic N) is 1. The smallest absolute Gasteiger partial charge is 0.307 e. The molecule has 200 valence electrons. The summed E-state index contributed by atoms with van der Waals surface area (Å²) < 4.78 is 45.6. The number of halogens is 1. The highest BCUT2D eigenvalue weighted by atomic mass is 35.5. The second-order valence-corrected chi connectivity index (χ2v) is 11.3. The van der Waals surface area contributed by atoms with Gasteiger partial charge in [0, 0.05) is 24.4 Å². The predicted octanol–water partition coefficient (Wildman–Crippen LogP) is 3.66. The number of hydroxylamine groups is 1. The minimum absolute atomic E-state index is 0.0513. The number of hydrogen-bond donors (Lipinski definition) is 2. The molecule has 3 atom stereocenters. The van der Waals surface area contributed by atoms with Crippen LogP contribution >= 0.6 is 11.6 Å². The van der Waals surface area contributed by atoms with Crippen LogP contribution in [-0.4, -0.2) is 60.7 Å². The summed E-state index contributed by atoms with van der Waals surface area (Å²) in [5.74, 6) is -0.537. The molecular weight excluding hydrogens is 524 g/mol. The highest BCUT2D eigenvalue weighted by Gasteiger charge is 2.56. The zero-order valence-corrected chi connectivity index (χ0v) is 21.8. The van der Waals surface area contributed by atoms with Gasteiger partial charge in [0.1, 0.15) is 17.0 Å². The van der Waals surface area contributed by atoms with Crippen molar-refractivity contribution in [1.82, 2.24) is 9.79 Å². The summed E-state index contributed by atoms with van der Waals surface area (Å²) >= 11 is 5.90. The van der Waals surface area contributed by atoms with E-state index in [0.29, 0.717) is 29.4 Å². The lowest BCUT2D eigenvalue weighted by Crippen LogP contribution is -2.64. The van der Waals surface area contributed by atoms with Crippen LogP contribution in [0.5, 0.6) is 11.5 Å². The van der Waals surface area contributed by atoms with Gasteiger partial charge in [-0.05, 0) is 68.3 Å². The number of amides is 1. The molecule has 10 nitrogen and oxygen atoms in total. The van der Waals surface area contributed by atoms with Gasteiger partial charge in [0.2, 0.25) is 10.0 Å². The van der Waals surface area contributed by atoms with E-state index in [1.165, 1.54) is 24.3 Å². The quantitative estimate of drug-likeness (QED) is 0.259. The molecule has 2 bridgehead atoms. The van der Waals surface area contributed by atoms with Gasteiger partial charge < -0.3 is 14.2 Å². The minimum Gasteiger partial charge on any atom is -0.466 e. The van der Waals surface area contributed by atoms with E-state index in [1.54, 1.807) is 36.7 Å². The molecule has 2 N–H and O–H groups in total. The topological polar surface area (TPSA) is 131 Å². The van der Waals surface area contributed by atoms with Gasteiger partial charge in [0.15, 0.2) is 0 Å². The number of fused-ring (bicyclic) bond motifs is 2. The molecule has 2 aliphatic rings. The number of benzene rings is 2. The van der Waals surface area contributed by atoms with Crippen LogP contribution in [0.15, 0.2) is 53.4 Å². The molecule has 0 aromatic heterocycles. The molecule has 12 heteroatoms. The van der Waals surface area contributed by atoms with Crippen molar-refractivity contribution in [2.24, 2.45) is 0 Å². The van der Waals surface area contributed by atoms with Crippen LogP contribution in [0, 0.1) is 0 Å². The number of ether oxygens (including phenoxy) is 3. The van der Waals surface area contributed by atoms with E-state index in [9.17, 15) is 23.2 Å². The van der Waals surface area contributed by atoms with Crippen LogP contribution in [-0.2, 0) is 29.1 Å². The molecule has 2 heterocycles. The standard InChI is InChI=1S/C25H29ClN2O8S/c1-2-34-23(29)13-14-28(25(24(30)27-31)15-20-7-8-21(16-25)36-20)37(32,33)22-11-9-19(10-12-22)35-18-5-3-17(26)4-6-18/h3-6,9-12,20-21,31H,2,7-8,13-16H2,1H3,(H,27,30)/t20-,21+,25?. The number of carbonyl (C=O) groups is 2. The molecule has 0 saturated carbocycles. The highest BCUT2D eigenvalue weighted by Crippen LogP contribution is 2.44. The number of nitrogens with one attached hydrogen (secondary N) is 1. The molecule has 0 spiro atoms. The van der Waals surface area contributed by atoms with Gasteiger partial charge in [-0.1, -0.05) is 11.6 Å². The maximum atomic E-state index is 14.0. The van der Waals surface area contributed by atoms with Crippen molar-refractivity contribution in [2.75, 3.05) is 13.2 Å². The summed E-state index contributed by atoms with van der Waals surface area (Å²) in [6.45, 7) is 1.48. The van der Waals surface area contributed by atoms with E-state index in [0.717, 1.165) is 4.31 Å². The maximum absolute atomic E-state index is 14.0. The van der Waals surface area contributed by atoms with Crippen LogP contribution in [0.25, 0.3) is 0 Å². The molecular formula is C25H29ClN2O8S. The van der Waals surface area contributed by atoms with Gasteiger partial charge in [-0.2, -0.15) is 4.31 Å². The first kappa shape index (κ1) is 27.3. The van der Waals surface area contributed by atoms with Gasteiger partial charge in [0.25, 0.3) is 5.91 Å². The minimum atomic E-state index is -4.31. The van der Waals surface area contributed by atoms with E-state index in [4.69, 9.17) is 25.8 Å². The van der Waals surface area contributed by atoms with Crippen LogP contribution in [0.3, 0.4) is 0 Å². The molecule has 2 saturated heterocycles. The van der Waals surface area contributed by atoms with Crippen LogP contribution in [0.4, 0.5) is 0 Å². The average Bonchev–Trinajstić information content (AvgIpc) is 3.23. The molecule has 1 amide bonds. The zero-order valence-electron chi connectivity index (χ0n) is 20.3. The summed E-state index contributed by atoms with van der Waals surface area (Å²) in [6, 6.07) is 12.4. The van der Waals surface area contributed by atoms with Gasteiger partial charge in [-0.25, -0.2) is 13.9 Å². The van der Waals surface area contributed by atoms with E-state index in [-0.39, 0.29) is 49.5 Å². The van der Waals surface area contributed by atoms with Gasteiger partial charge >= 0.3 is 5.97 Å². The van der Waals surface area contributed by atoms with E-state index < -0.39 is 27.4 Å². The first-order chi connectivity index (χ1) is 17.7. The Morgan fingerprint density at radius 2 is 1.65 bits per heavy atom. The van der Waals surface area contributed by atoms with Crippen molar-refractivity contribution in [3.8, 4) is 11.5 Å². The Hall–Kier alpha value is -2.70. The molecule has 2 aromatic carbocycles. The van der Waals surface area contributed by atoms with Crippen LogP contribution in [0.1, 0.15) is 39.0 Å². The third kappa shape index (κ3) is 5.91. The van der Waals surface area contributed by atoms with Crippen LogP contribution < -0.4 is 10.2 Å². The number of carbonyl (C=O) groups excluding carboxylic acids is 2. The largest absolute Gasteiger partial charge is 0.466 e. The lowest BCUT2D eigenvalue weighted by atomic mass is 9.85. The molecule has 37 heavy (non-hydrogen) atoms. The molecule has 2 aliphatic heterocycles. The Bertz CT molecular complexity index is 1210. The van der Waals surface area contributed by atoms with E-state index in [1.807, 2.05) is 0 Å². The molecule has 0 radical (unpaired) electrons. The van der Waals surface area contributed by atoms with Gasteiger partial charge in [-0.15, -0.1) is 0 Å². The third-order valence-corrected chi connectivity index (χ3v) is 8.85. The second kappa shape index (κ2) is 11.4. The Labute approximate surface area is 220 Å². The lowest BCUT2D eigenvalue weighted by Gasteiger charge is -2.45. The maximum Gasteiger partial charge on any atom is 0.307 e. The third-order valence-electron chi connectivity index (χ3n) is 6.61. The Balaban J connectivity index is 1.67. The van der Waals surface area contributed by atoms with Crippen molar-refractivity contribution in [3.63, 3.8) is 0 Å². The van der Waals surface area contributed by atoms with Crippen molar-refractivity contribution in [1.29, 1.82) is 0 Å². The Kier molecular flexibility index (Phi) is 8.39. The molecule has 2 aromatic rings. The monoisotopic (exact) mass is 552 g/mol. The SMILES string of the molecule is CCOC(=O)CCN(C1(C(=O)NO)C[C@H]2CC[C@@H](C1)O2)S(=O)(=O)c1ccc(Oc2ccc(Cl)cc2)cc1. The summed E-state index contributed by atoms with van der Waals surface area (Å²) in [7, 11) is -4.31. The normalized spacial score (nSPS) is 23.0. The fourth-order valence-corrected chi connectivity index (χ4v) is 6.84. The summed E-state index contributed by atoms with van der Waals surface area (Å²) in [5, 5.41) is 10.2. The predicted molar refractivity (Wildman–Crippen MR) is 133 cm³/mol. The van der Waals surface area contributed by atoms with Crippen molar-refractivity contribution >= 4 is 33.5 Å². The Morgan fingerprint density at radius 3 is 2.19 bits per heavy atom. The summed E-state index contributed by atoms with van der Waals surface area (Å²) in [4.78, 5) is 25.2. The fourth-order valence-electron chi connectivity index (χ4n) is 4.96. The molecule has 2 fully saturated rings. The second-order valence-electron chi connectivity index (χ2n) is 9.00. The number of sulfonamides is 1. The van der Waals surface area contributed by atoms with Crippen molar-refractivity contribution in [2.45, 2.75) is 61.7 Å². The average molecular weight is 553 g/mol. The Morgan fingerprint density at radius 1 is 1.08 bits per heavy atom. The lowest BCUT2D eigenvalue weighted by molar-refractivity contribution is -0.152. The first-order valence-electron chi connectivity index (χ1n) is 12.0. The summed E-state index contributed by atoms with van der Waals surface area (Å²) in [6.07, 6.45) is 0.506. The van der Waals surface area contributed by atoms with Crippen LogP contribution in [0.2, 0.25) is 5.02 Å². The van der Waals surface area contributed by atoms with E-state index >= 15 is 0 Å². The number of rotatable bonds is 10. The zero-order chi connectivity index (χ0) is 26.6. The molecule has 0 aliphatic carbocycles. The highest BCUT2D eigenvalue weighted by molar-refractivity contribution is 7.89. The van der Waals surface area contributed by atoms with Gasteiger partial charge in [-0.3, -0.25) is 14.8 Å². The number of esters is 1. The molecule has 1 unspecified atom stereocenters. The molecule has 4 rings (SSSR count). The van der Waals surface area contributed by atoms with Crippen molar-refractivity contribution in [3.05, 3.63) is 53.6 Å². The van der Waals surface area contributed by atoms with E-state index in [2.05, 4.69) is 0 Å². The van der Waals surface area contributed by atoms with Crippen molar-refractivity contribution < 1.29 is 37.4 Å².